The minimum Gasteiger partial charge on any atom is -0.0654 e. The van der Waals surface area contributed by atoms with Crippen LogP contribution in [0.1, 0.15) is 219 Å². The maximum absolute atomic E-state index is 2.47. The highest BCUT2D eigenvalue weighted by Gasteiger charge is 2.41. The van der Waals surface area contributed by atoms with E-state index in [1.165, 1.54) is 218 Å². The Labute approximate surface area is 309 Å². The maximum atomic E-state index is 2.47. The van der Waals surface area contributed by atoms with Crippen LogP contribution in [-0.2, 0) is 0 Å². The summed E-state index contributed by atoms with van der Waals surface area (Å²) in [6, 6.07) is 23.5. The molecule has 0 aliphatic heterocycles. The lowest BCUT2D eigenvalue weighted by Crippen LogP contribution is -2.27. The van der Waals surface area contributed by atoms with Crippen LogP contribution >= 0.6 is 7.26 Å². The molecule has 0 saturated heterocycles. The van der Waals surface area contributed by atoms with Crippen LogP contribution in [0.3, 0.4) is 0 Å². The van der Waals surface area contributed by atoms with Gasteiger partial charge in [0, 0.05) is 0 Å². The molecule has 0 aliphatic rings. The van der Waals surface area contributed by atoms with Gasteiger partial charge in [-0.2, -0.15) is 0 Å². The maximum Gasteiger partial charge on any atom is 0.0991 e. The van der Waals surface area contributed by atoms with Crippen molar-refractivity contribution in [3.8, 4) is 0 Å². The van der Waals surface area contributed by atoms with Gasteiger partial charge in [0.2, 0.25) is 0 Å². The van der Waals surface area contributed by atoms with E-state index in [2.05, 4.69) is 74.5 Å². The van der Waals surface area contributed by atoms with Gasteiger partial charge in [-0.25, -0.2) is 0 Å². The van der Waals surface area contributed by atoms with Gasteiger partial charge in [0.05, 0.1) is 30.2 Å². The van der Waals surface area contributed by atoms with Crippen molar-refractivity contribution in [2.24, 2.45) is 0 Å². The Morgan fingerprint density at radius 2 is 0.469 bits per heavy atom. The van der Waals surface area contributed by atoms with Gasteiger partial charge in [0.1, 0.15) is 0 Å². The van der Waals surface area contributed by atoms with E-state index in [1.807, 2.05) is 0 Å². The summed E-state index contributed by atoms with van der Waals surface area (Å²) in [7, 11) is -1.38. The van der Waals surface area contributed by atoms with E-state index in [-0.39, 0.29) is 0 Å². The molecule has 2 aromatic rings. The van der Waals surface area contributed by atoms with E-state index in [4.69, 9.17) is 0 Å². The topological polar surface area (TPSA) is 0 Å². The molecule has 0 bridgehead atoms. The molecule has 0 nitrogen and oxygen atoms in total. The van der Waals surface area contributed by atoms with Gasteiger partial charge in [-0.3, -0.25) is 0 Å². The summed E-state index contributed by atoms with van der Waals surface area (Å²) in [6.07, 6.45) is 49.1. The monoisotopic (exact) mass is 692 g/mol. The molecule has 1 heteroatoms. The molecule has 0 radical (unpaired) electrons. The average Bonchev–Trinajstić information content (AvgIpc) is 3.14. The quantitative estimate of drug-likeness (QED) is 0.0493. The largest absolute Gasteiger partial charge is 0.0991 e. The van der Waals surface area contributed by atoms with Crippen molar-refractivity contribution in [3.05, 3.63) is 60.7 Å². The lowest BCUT2D eigenvalue weighted by Gasteiger charge is -2.28. The number of rotatable bonds is 36. The zero-order valence-electron chi connectivity index (χ0n) is 33.3. The molecule has 0 saturated carbocycles. The van der Waals surface area contributed by atoms with Gasteiger partial charge in [0.15, 0.2) is 0 Å². The van der Waals surface area contributed by atoms with Crippen LogP contribution in [0.5, 0.6) is 0 Å². The van der Waals surface area contributed by atoms with E-state index in [9.17, 15) is 0 Å². The fraction of sp³-hybridized carbons (Fsp3) is 0.750. The van der Waals surface area contributed by atoms with Crippen LogP contribution in [0.15, 0.2) is 60.7 Å². The molecule has 0 fully saturated rings. The van der Waals surface area contributed by atoms with E-state index in [0.717, 1.165) is 0 Å². The lowest BCUT2D eigenvalue weighted by atomic mass is 10.0. The summed E-state index contributed by atoms with van der Waals surface area (Å²) in [5.74, 6) is 0. The van der Waals surface area contributed by atoms with Crippen LogP contribution in [0, 0.1) is 0 Å². The molecule has 2 rings (SSSR count). The number of unbranched alkanes of at least 4 members (excludes halogenated alkanes) is 30. The molecule has 2 aromatic carbocycles. The molecule has 280 valence electrons. The summed E-state index contributed by atoms with van der Waals surface area (Å²) in [4.78, 5) is 0. The molecule has 0 amide bonds. The first kappa shape index (κ1) is 44.0. The van der Waals surface area contributed by atoms with Crippen molar-refractivity contribution in [2.45, 2.75) is 219 Å². The Kier molecular flexibility index (Phi) is 29.4. The van der Waals surface area contributed by atoms with Gasteiger partial charge in [0.25, 0.3) is 0 Å². The second-order valence-electron chi connectivity index (χ2n) is 15.7. The van der Waals surface area contributed by atoms with Crippen molar-refractivity contribution in [2.75, 3.05) is 12.3 Å². The van der Waals surface area contributed by atoms with Crippen molar-refractivity contribution >= 4 is 17.9 Å². The molecule has 0 aliphatic carbocycles. The van der Waals surface area contributed by atoms with Gasteiger partial charge in [-0.05, 0) is 49.9 Å². The zero-order chi connectivity index (χ0) is 34.8. The van der Waals surface area contributed by atoms with Crippen molar-refractivity contribution < 1.29 is 0 Å². The fourth-order valence-corrected chi connectivity index (χ4v) is 12.6. The van der Waals surface area contributed by atoms with Crippen LogP contribution in [0.4, 0.5) is 0 Å². The van der Waals surface area contributed by atoms with Crippen LogP contribution in [-0.4, -0.2) is 12.3 Å². The summed E-state index contributed by atoms with van der Waals surface area (Å²) in [5.41, 5.74) is 0. The molecular formula is C48H84P+. The first-order valence-corrected chi connectivity index (χ1v) is 24.5. The normalized spacial score (nSPS) is 11.8. The molecule has 0 spiro atoms. The molecule has 0 atom stereocenters. The Bertz CT molecular complexity index is 843. The highest BCUT2D eigenvalue weighted by molar-refractivity contribution is 7.89. The third kappa shape index (κ3) is 22.4. The number of benzene rings is 2. The Balaban J connectivity index is 1.64. The third-order valence-corrected chi connectivity index (χ3v) is 16.0. The Morgan fingerprint density at radius 1 is 0.265 bits per heavy atom. The summed E-state index contributed by atoms with van der Waals surface area (Å²) in [5, 5.41) is 3.31. The number of hydrogen-bond donors (Lipinski definition) is 0. The SMILES string of the molecule is CCCCCCCCCCCCCCCCCC[P+](CCCCCCCCCCCCCCCCCC)(c1ccccc1)c1ccccc1. The van der Waals surface area contributed by atoms with Crippen molar-refractivity contribution in [3.63, 3.8) is 0 Å². The molecule has 0 N–H and O–H groups in total. The van der Waals surface area contributed by atoms with Crippen molar-refractivity contribution in [1.29, 1.82) is 0 Å². The second kappa shape index (κ2) is 32.8. The van der Waals surface area contributed by atoms with Crippen molar-refractivity contribution in [1.82, 2.24) is 0 Å². The second-order valence-corrected chi connectivity index (χ2v) is 19.6. The first-order valence-electron chi connectivity index (χ1n) is 22.3. The predicted molar refractivity (Wildman–Crippen MR) is 228 cm³/mol. The van der Waals surface area contributed by atoms with Gasteiger partial charge < -0.3 is 0 Å². The summed E-state index contributed by atoms with van der Waals surface area (Å²) >= 11 is 0. The highest BCUT2D eigenvalue weighted by Crippen LogP contribution is 2.57. The van der Waals surface area contributed by atoms with Crippen LogP contribution < -0.4 is 10.6 Å². The van der Waals surface area contributed by atoms with Gasteiger partial charge in [-0.15, -0.1) is 0 Å². The summed E-state index contributed by atoms with van der Waals surface area (Å²) < 4.78 is 0. The van der Waals surface area contributed by atoms with E-state index in [1.54, 1.807) is 10.6 Å². The predicted octanol–water partition coefficient (Wildman–Crippen LogP) is 16.2. The first-order chi connectivity index (χ1) is 24.3. The zero-order valence-corrected chi connectivity index (χ0v) is 34.2. The fourth-order valence-electron chi connectivity index (χ4n) is 8.06. The van der Waals surface area contributed by atoms with Gasteiger partial charge >= 0.3 is 0 Å². The molecule has 0 aromatic heterocycles. The van der Waals surface area contributed by atoms with Gasteiger partial charge in [-0.1, -0.05) is 230 Å². The Morgan fingerprint density at radius 3 is 0.694 bits per heavy atom. The molecule has 0 unspecified atom stereocenters. The van der Waals surface area contributed by atoms with E-state index in [0.29, 0.717) is 0 Å². The smallest absolute Gasteiger partial charge is 0.0654 e. The van der Waals surface area contributed by atoms with E-state index < -0.39 is 7.26 Å². The van der Waals surface area contributed by atoms with Crippen LogP contribution in [0.2, 0.25) is 0 Å². The minimum absolute atomic E-state index is 1.36. The lowest BCUT2D eigenvalue weighted by molar-refractivity contribution is 0.531. The minimum atomic E-state index is -1.38. The molecule has 0 heterocycles. The average molecular weight is 692 g/mol. The third-order valence-electron chi connectivity index (χ3n) is 11.3. The highest BCUT2D eigenvalue weighted by atomic mass is 31.2. The molecular weight excluding hydrogens is 608 g/mol. The number of hydrogen-bond acceptors (Lipinski definition) is 0. The van der Waals surface area contributed by atoms with Crippen LogP contribution in [0.25, 0.3) is 0 Å². The standard InChI is InChI=1S/C48H84P/c1-3-5-7-9-11-13-15-17-19-21-23-25-27-29-31-39-45-49(47-41-35-33-36-42-47,48-43-37-34-38-44-48)46-40-32-30-28-26-24-22-20-18-16-14-12-10-8-6-4-2/h33-38,41-44H,3-32,39-40,45-46H2,1-2H3/q+1. The summed E-state index contributed by atoms with van der Waals surface area (Å²) in [6.45, 7) is 4.62. The molecule has 49 heavy (non-hydrogen) atoms. The van der Waals surface area contributed by atoms with E-state index >= 15 is 0 Å². The Hall–Kier alpha value is -1.13.